The zero-order valence-electron chi connectivity index (χ0n) is 39.5. The Hall–Kier alpha value is -1.51. The Morgan fingerprint density at radius 3 is 1.14 bits per heavy atom. The molecule has 1 unspecified atom stereocenters. The molecule has 0 aromatic rings. The molecule has 0 aromatic carbocycles. The van der Waals surface area contributed by atoms with Crippen LogP contribution in [0.15, 0.2) is 24.3 Å². The third-order valence-corrected chi connectivity index (χ3v) is 12.7. The molecule has 0 amide bonds. The Kier molecular flexibility index (Phi) is 43.6. The lowest BCUT2D eigenvalue weighted by atomic mass is 10.1. The minimum absolute atomic E-state index is 0.0671. The lowest BCUT2D eigenvalue weighted by Crippen LogP contribution is -2.44. The van der Waals surface area contributed by atoms with E-state index in [0.29, 0.717) is 23.7 Å². The Morgan fingerprint density at radius 2 is 0.847 bits per heavy atom. The second kappa shape index (κ2) is 43.2. The molecule has 9 nitrogen and oxygen atoms in total. The number of hydrogen-bond acceptors (Lipinski definition) is 6. The maximum atomic E-state index is 12.2. The first-order valence-electron chi connectivity index (χ1n) is 24.5. The number of nitrogens with zero attached hydrogens (tertiary/aromatic N) is 1. The third kappa shape index (κ3) is 44.4. The summed E-state index contributed by atoms with van der Waals surface area (Å²) in [5.74, 6) is -1.18. The fourth-order valence-electron chi connectivity index (χ4n) is 7.25. The van der Waals surface area contributed by atoms with Crippen molar-refractivity contribution in [1.82, 2.24) is 0 Å². The minimum Gasteiger partial charge on any atom is -0.462 e. The van der Waals surface area contributed by atoms with Crippen LogP contribution < -0.4 is 0 Å². The minimum atomic E-state index is -3.93. The Labute approximate surface area is 364 Å². The Balaban J connectivity index is 0. The summed E-state index contributed by atoms with van der Waals surface area (Å²) in [7, 11) is 1.43. The molecule has 0 radical (unpaired) electrons. The first-order chi connectivity index (χ1) is 28.3. The normalized spacial score (nSPS) is 13.1. The van der Waals surface area contributed by atoms with Crippen molar-refractivity contribution in [3.8, 4) is 0 Å². The largest absolute Gasteiger partial charge is 0.462 e. The average molecular weight is 859 g/mol. The predicted molar refractivity (Wildman–Crippen MR) is 249 cm³/mol. The molecule has 0 rings (SSSR count). The van der Waals surface area contributed by atoms with Gasteiger partial charge in [0.15, 0.2) is 11.9 Å². The molecule has 0 aliphatic heterocycles. The fourth-order valence-corrected chi connectivity index (χ4v) is 8.63. The number of quaternary nitrogens is 1. The highest BCUT2D eigenvalue weighted by atomic mass is 31.2. The summed E-state index contributed by atoms with van der Waals surface area (Å²) >= 11 is 0. The van der Waals surface area contributed by atoms with E-state index in [1.165, 1.54) is 148 Å². The van der Waals surface area contributed by atoms with Gasteiger partial charge in [0.25, 0.3) is 0 Å². The van der Waals surface area contributed by atoms with Gasteiger partial charge in [0.2, 0.25) is 0 Å². The second-order valence-corrected chi connectivity index (χ2v) is 19.4. The van der Waals surface area contributed by atoms with Crippen molar-refractivity contribution in [3.05, 3.63) is 24.3 Å². The number of aliphatic hydroxyl groups is 1. The highest BCUT2D eigenvalue weighted by molar-refractivity contribution is 7.52. The summed E-state index contributed by atoms with van der Waals surface area (Å²) in [6.07, 6.45) is 47.2. The molecule has 2 atom stereocenters. The summed E-state index contributed by atoms with van der Waals surface area (Å²) in [5.41, 5.74) is 0. The molecule has 0 aliphatic rings. The molecule has 3 N–H and O–H groups in total. The van der Waals surface area contributed by atoms with Crippen LogP contribution in [0.5, 0.6) is 0 Å². The molecule has 0 saturated heterocycles. The van der Waals surface area contributed by atoms with E-state index in [1.54, 1.807) is 28.1 Å². The van der Waals surface area contributed by atoms with Crippen LogP contribution in [-0.4, -0.2) is 77.6 Å². The van der Waals surface area contributed by atoms with E-state index in [2.05, 4.69) is 38.2 Å². The maximum Gasteiger partial charge on any atom is 0.382 e. The zero-order valence-corrected chi connectivity index (χ0v) is 40.4. The van der Waals surface area contributed by atoms with Crippen LogP contribution in [-0.2, 0) is 23.6 Å². The van der Waals surface area contributed by atoms with Gasteiger partial charge in [0.05, 0.1) is 27.7 Å². The van der Waals surface area contributed by atoms with E-state index in [1.807, 2.05) is 0 Å². The van der Waals surface area contributed by atoms with Gasteiger partial charge in [0.1, 0.15) is 6.61 Å². The van der Waals surface area contributed by atoms with Gasteiger partial charge in [-0.15, -0.1) is 0 Å². The van der Waals surface area contributed by atoms with Crippen molar-refractivity contribution >= 4 is 19.5 Å². The number of ether oxygens (including phenoxy) is 2. The summed E-state index contributed by atoms with van der Waals surface area (Å²) < 4.78 is 21.8. The molecular formula is C49H97NO8P+. The number of unbranched alkanes of at least 4 members (excludes halogenated alkanes) is 26. The van der Waals surface area contributed by atoms with Crippen LogP contribution >= 0.6 is 7.60 Å². The van der Waals surface area contributed by atoms with Crippen molar-refractivity contribution in [2.45, 2.75) is 245 Å². The van der Waals surface area contributed by atoms with E-state index in [4.69, 9.17) is 19.3 Å². The topological polar surface area (TPSA) is 130 Å². The standard InChI is InChI=1S/C43H80O5.C6H16NO3P/c1-3-5-7-9-11-13-15-17-19-20-21-22-24-25-27-29-31-33-35-37-42(45)47-40-41(39-44)48-43(46)38-36-34-32-30-28-26-23-18-16-14-12-10-8-6-4-2;1-5-6(7(2,3)4)11(8,9)10/h17-19,23,41,44H,3-16,20-22,24-40H2,1-2H3;6H,5H2,1-4H3,(H-,8,9,10)/p+1/b19-17-,23-18-;/t41-;/m0./s1. The van der Waals surface area contributed by atoms with Crippen LogP contribution in [0, 0.1) is 0 Å². The number of rotatable bonds is 41. The molecule has 0 aromatic heterocycles. The van der Waals surface area contributed by atoms with Gasteiger partial charge in [-0.1, -0.05) is 173 Å². The van der Waals surface area contributed by atoms with E-state index >= 15 is 0 Å². The first kappa shape index (κ1) is 59.6. The lowest BCUT2D eigenvalue weighted by Gasteiger charge is -2.33. The highest BCUT2D eigenvalue weighted by Crippen LogP contribution is 2.45. The van der Waals surface area contributed by atoms with Gasteiger partial charge >= 0.3 is 19.5 Å². The van der Waals surface area contributed by atoms with Crippen molar-refractivity contribution in [3.63, 3.8) is 0 Å². The van der Waals surface area contributed by atoms with E-state index < -0.39 is 19.5 Å². The molecular weight excluding hydrogens is 762 g/mol. The molecule has 59 heavy (non-hydrogen) atoms. The Morgan fingerprint density at radius 1 is 0.525 bits per heavy atom. The molecule has 0 aliphatic carbocycles. The lowest BCUT2D eigenvalue weighted by molar-refractivity contribution is -0.883. The number of carbonyl (C=O) groups is 2. The van der Waals surface area contributed by atoms with E-state index in [-0.39, 0.29) is 25.2 Å². The van der Waals surface area contributed by atoms with Crippen LogP contribution in [0.25, 0.3) is 0 Å². The maximum absolute atomic E-state index is 12.2. The van der Waals surface area contributed by atoms with Crippen molar-refractivity contribution < 1.29 is 43.0 Å². The predicted octanol–water partition coefficient (Wildman–Crippen LogP) is 13.7. The van der Waals surface area contributed by atoms with Gasteiger partial charge in [0, 0.05) is 19.3 Å². The van der Waals surface area contributed by atoms with Crippen molar-refractivity contribution in [2.75, 3.05) is 34.4 Å². The first-order valence-corrected chi connectivity index (χ1v) is 26.1. The van der Waals surface area contributed by atoms with Crippen LogP contribution in [0.4, 0.5) is 0 Å². The summed E-state index contributed by atoms with van der Waals surface area (Å²) in [5, 5.41) is 9.56. The van der Waals surface area contributed by atoms with Crippen LogP contribution in [0.2, 0.25) is 0 Å². The summed E-state index contributed by atoms with van der Waals surface area (Å²) in [6.45, 7) is 5.92. The quantitative estimate of drug-likeness (QED) is 0.0182. The molecule has 0 spiro atoms. The zero-order chi connectivity index (χ0) is 44.3. The smallest absolute Gasteiger partial charge is 0.382 e. The number of esters is 2. The third-order valence-electron chi connectivity index (χ3n) is 10.9. The van der Waals surface area contributed by atoms with Crippen LogP contribution in [0.3, 0.4) is 0 Å². The fraction of sp³-hybridized carbons (Fsp3) is 0.878. The van der Waals surface area contributed by atoms with Crippen LogP contribution in [0.1, 0.15) is 233 Å². The van der Waals surface area contributed by atoms with E-state index in [0.717, 1.165) is 44.9 Å². The molecule has 0 bridgehead atoms. The monoisotopic (exact) mass is 859 g/mol. The highest BCUT2D eigenvalue weighted by Gasteiger charge is 2.38. The average Bonchev–Trinajstić information content (AvgIpc) is 3.18. The molecule has 0 saturated carbocycles. The molecule has 350 valence electrons. The number of aliphatic hydroxyl groups excluding tert-OH is 1. The summed E-state index contributed by atoms with van der Waals surface area (Å²) in [4.78, 5) is 42.1. The summed E-state index contributed by atoms with van der Waals surface area (Å²) in [6, 6.07) is 0. The molecule has 0 heterocycles. The van der Waals surface area contributed by atoms with Crippen molar-refractivity contribution in [1.29, 1.82) is 0 Å². The Bertz CT molecular complexity index is 1040. The van der Waals surface area contributed by atoms with E-state index in [9.17, 15) is 19.3 Å². The number of hydrogen-bond donors (Lipinski definition) is 3. The molecule has 0 fully saturated rings. The second-order valence-electron chi connectivity index (χ2n) is 17.7. The van der Waals surface area contributed by atoms with Gasteiger partial charge < -0.3 is 28.9 Å². The SMILES string of the molecule is CCC([N+](C)(C)C)P(=O)(O)O.CCCCCCCC/C=C\CCCCCCCCCCCC(=O)OC[C@H](CO)OC(=O)CCCCCCC/C=C\CCCCCCCC. The number of carbonyl (C=O) groups excluding carboxylic acids is 2. The molecule has 10 heteroatoms. The number of allylic oxidation sites excluding steroid dienone is 4. The van der Waals surface area contributed by atoms with Gasteiger partial charge in [-0.2, -0.15) is 0 Å². The van der Waals surface area contributed by atoms with Crippen molar-refractivity contribution in [2.24, 2.45) is 0 Å². The van der Waals surface area contributed by atoms with Gasteiger partial charge in [-0.25, -0.2) is 0 Å². The van der Waals surface area contributed by atoms with Gasteiger partial charge in [-0.05, 0) is 64.2 Å². The van der Waals surface area contributed by atoms with Gasteiger partial charge in [-0.3, -0.25) is 14.2 Å².